The van der Waals surface area contributed by atoms with Crippen LogP contribution in [0.15, 0.2) is 42.4 Å². The fraction of sp³-hybridized carbons (Fsp3) is 0.458. The molecular formula is C24H33N3O4. The number of aliphatic hydroxyl groups is 1. The Morgan fingerprint density at radius 1 is 1.23 bits per heavy atom. The Morgan fingerprint density at radius 3 is 2.55 bits per heavy atom. The van der Waals surface area contributed by atoms with Crippen molar-refractivity contribution < 1.29 is 34.5 Å². The van der Waals surface area contributed by atoms with Gasteiger partial charge in [-0.05, 0) is 37.1 Å². The molecule has 168 valence electrons. The van der Waals surface area contributed by atoms with Gasteiger partial charge in [0.05, 0.1) is 25.9 Å². The normalized spacial score (nSPS) is 23.5. The van der Waals surface area contributed by atoms with Crippen molar-refractivity contribution in [3.63, 3.8) is 0 Å². The van der Waals surface area contributed by atoms with E-state index in [-0.39, 0.29) is 62.3 Å². The molecule has 7 heteroatoms. The third kappa shape index (κ3) is 6.69. The number of nitrogens with one attached hydrogen (secondary N) is 1. The molecule has 1 aliphatic rings. The second-order valence-corrected chi connectivity index (χ2v) is 7.02. The van der Waals surface area contributed by atoms with Crippen molar-refractivity contribution in [3.8, 4) is 11.5 Å². The van der Waals surface area contributed by atoms with Gasteiger partial charge in [-0.15, -0.1) is 0 Å². The number of ether oxygens (including phenoxy) is 2. The summed E-state index contributed by atoms with van der Waals surface area (Å²) in [5, 5.41) is 13.6. The van der Waals surface area contributed by atoms with Gasteiger partial charge in [0, 0.05) is 41.1 Å². The Kier molecular flexibility index (Phi) is 4.47. The predicted molar refractivity (Wildman–Crippen MR) is 122 cm³/mol. The van der Waals surface area contributed by atoms with Gasteiger partial charge < -0.3 is 19.9 Å². The lowest BCUT2D eigenvalue weighted by molar-refractivity contribution is -0.117. The maximum atomic E-state index is 12.8. The average molecular weight is 439 g/mol. The number of amides is 1. The molecule has 1 fully saturated rings. The molecule has 1 aliphatic heterocycles. The zero-order valence-electron chi connectivity index (χ0n) is 28.4. The molecule has 0 bridgehead atoms. The first kappa shape index (κ1) is 12.4. The van der Waals surface area contributed by atoms with Crippen LogP contribution in [-0.2, 0) is 4.79 Å². The minimum Gasteiger partial charge on any atom is -0.493 e. The standard InChI is InChI=1S/C24H33N3O4/c1-18-7-6-8-19(2)24(18)25-23(29)16-27-13-11-26(12-14-27)15-20(28)17-31-22-10-5-4-9-21(22)30-3/h4-10,20,28H,11-17H2,1-3H3,(H,25,29)/i3D3,6D,7D,8D,15D2,17D2,20D. The first-order valence-electron chi connectivity index (χ1n) is 15.2. The fourth-order valence-electron chi connectivity index (χ4n) is 3.11. The van der Waals surface area contributed by atoms with Gasteiger partial charge in [0.15, 0.2) is 11.5 Å². The summed E-state index contributed by atoms with van der Waals surface area (Å²) in [6.07, 6.45) is -3.51. The third-order valence-corrected chi connectivity index (χ3v) is 4.73. The number of piperazine rings is 1. The quantitative estimate of drug-likeness (QED) is 0.626. The van der Waals surface area contributed by atoms with Crippen LogP contribution in [0.25, 0.3) is 0 Å². The van der Waals surface area contributed by atoms with E-state index in [9.17, 15) is 9.90 Å². The molecule has 3 rings (SSSR count). The maximum Gasteiger partial charge on any atom is 0.238 e. The molecule has 31 heavy (non-hydrogen) atoms. The summed E-state index contributed by atoms with van der Waals surface area (Å²) in [6, 6.07) is 4.60. The SMILES string of the molecule is [2H]c1c([2H])c(C)c(NC(=O)CN2CCN(C([2H])([2H])C([2H])(O)C([2H])([2H])Oc3ccccc3OC([2H])([2H])[2H])CC2)c(C)c1[2H]. The molecule has 0 aromatic heterocycles. The molecule has 1 unspecified atom stereocenters. The number of carbonyl (C=O) groups is 1. The van der Waals surface area contributed by atoms with Crippen molar-refractivity contribution in [2.45, 2.75) is 19.9 Å². The minimum absolute atomic E-state index is 0.0877. The summed E-state index contributed by atoms with van der Waals surface area (Å²) in [7, 11) is -2.89. The topological polar surface area (TPSA) is 74.3 Å². The van der Waals surface area contributed by atoms with E-state index < -0.39 is 37.8 Å². The van der Waals surface area contributed by atoms with Gasteiger partial charge in [-0.2, -0.15) is 0 Å². The summed E-state index contributed by atoms with van der Waals surface area (Å²) in [6.45, 7) is -3.26. The molecule has 2 aromatic carbocycles. The van der Waals surface area contributed by atoms with Crippen LogP contribution in [0.4, 0.5) is 5.69 Å². The van der Waals surface area contributed by atoms with E-state index in [2.05, 4.69) is 5.32 Å². The van der Waals surface area contributed by atoms with E-state index in [1.165, 1.54) is 18.2 Å². The molecule has 0 saturated carbocycles. The van der Waals surface area contributed by atoms with Crippen LogP contribution >= 0.6 is 0 Å². The number of nitrogens with zero attached hydrogens (tertiary/aromatic N) is 2. The second kappa shape index (κ2) is 11.1. The maximum absolute atomic E-state index is 12.8. The van der Waals surface area contributed by atoms with Gasteiger partial charge in [-0.1, -0.05) is 30.3 Å². The van der Waals surface area contributed by atoms with Crippen molar-refractivity contribution in [1.29, 1.82) is 0 Å². The van der Waals surface area contributed by atoms with E-state index in [1.54, 1.807) is 18.7 Å². The molecule has 7 nitrogen and oxygen atoms in total. The minimum atomic E-state index is -3.51. The Balaban J connectivity index is 1.67. The average Bonchev–Trinajstić information content (AvgIpc) is 2.89. The van der Waals surface area contributed by atoms with Gasteiger partial charge in [0.1, 0.15) is 12.6 Å². The van der Waals surface area contributed by atoms with Crippen LogP contribution in [0.2, 0.25) is 0 Å². The zero-order chi connectivity index (χ0) is 31.8. The van der Waals surface area contributed by atoms with E-state index in [0.717, 1.165) is 11.0 Å². The van der Waals surface area contributed by atoms with E-state index in [0.29, 0.717) is 11.1 Å². The van der Waals surface area contributed by atoms with Crippen molar-refractivity contribution in [2.24, 2.45) is 0 Å². The monoisotopic (exact) mass is 438 g/mol. The van der Waals surface area contributed by atoms with Crippen LogP contribution < -0.4 is 14.8 Å². The number of methoxy groups -OCH3 is 1. The number of β-amino-alcohol motifs (C(OH)–C–C–N with tert-alkyl or cyclic N) is 1. The van der Waals surface area contributed by atoms with Gasteiger partial charge in [0.25, 0.3) is 0 Å². The molecule has 0 spiro atoms. The Hall–Kier alpha value is -2.61. The first-order valence-corrected chi connectivity index (χ1v) is 9.73. The van der Waals surface area contributed by atoms with Crippen LogP contribution in [0.1, 0.15) is 26.2 Å². The largest absolute Gasteiger partial charge is 0.493 e. The summed E-state index contributed by atoms with van der Waals surface area (Å²) < 4.78 is 97.3. The number of benzene rings is 2. The lowest BCUT2D eigenvalue weighted by atomic mass is 10.1. The lowest BCUT2D eigenvalue weighted by Crippen LogP contribution is -2.50. The molecule has 1 heterocycles. The molecule has 0 radical (unpaired) electrons. The first-order chi connectivity index (χ1) is 19.2. The molecule has 0 aliphatic carbocycles. The van der Waals surface area contributed by atoms with E-state index >= 15 is 0 Å². The highest BCUT2D eigenvalue weighted by Crippen LogP contribution is 2.25. The number of rotatable bonds is 9. The Labute approximate surface area is 200 Å². The number of para-hydroxylation sites is 3. The molecule has 2 aromatic rings. The van der Waals surface area contributed by atoms with E-state index in [4.69, 9.17) is 24.6 Å². The van der Waals surface area contributed by atoms with Gasteiger partial charge in [0.2, 0.25) is 5.91 Å². The highest BCUT2D eigenvalue weighted by molar-refractivity contribution is 5.93. The highest BCUT2D eigenvalue weighted by Gasteiger charge is 2.21. The van der Waals surface area contributed by atoms with Crippen LogP contribution in [0, 0.1) is 13.8 Å². The van der Waals surface area contributed by atoms with Crippen molar-refractivity contribution in [1.82, 2.24) is 9.80 Å². The summed E-state index contributed by atoms with van der Waals surface area (Å²) in [4.78, 5) is 15.5. The number of carbonyl (C=O) groups excluding carboxylic acids is 1. The second-order valence-electron chi connectivity index (χ2n) is 7.02. The highest BCUT2D eigenvalue weighted by atomic mass is 16.5. The molecule has 1 amide bonds. The number of hydrogen-bond acceptors (Lipinski definition) is 6. The summed E-state index contributed by atoms with van der Waals surface area (Å²) >= 11 is 0. The third-order valence-electron chi connectivity index (χ3n) is 4.73. The van der Waals surface area contributed by atoms with Gasteiger partial charge >= 0.3 is 0 Å². The summed E-state index contributed by atoms with van der Waals surface area (Å²) in [5.41, 5.74) is 1.01. The van der Waals surface area contributed by atoms with Crippen LogP contribution in [0.5, 0.6) is 11.5 Å². The Bertz CT molecular complexity index is 1280. The smallest absolute Gasteiger partial charge is 0.238 e. The van der Waals surface area contributed by atoms with Crippen LogP contribution in [-0.4, -0.2) is 79.7 Å². The molecule has 1 saturated heterocycles. The molecule has 1 atom stereocenters. The van der Waals surface area contributed by atoms with Gasteiger partial charge in [-0.25, -0.2) is 0 Å². The molecular weight excluding hydrogens is 394 g/mol. The number of hydrogen-bond donors (Lipinski definition) is 2. The van der Waals surface area contributed by atoms with Crippen molar-refractivity contribution in [3.05, 3.63) is 53.5 Å². The van der Waals surface area contributed by atoms with E-state index in [1.807, 2.05) is 0 Å². The van der Waals surface area contributed by atoms with Gasteiger partial charge in [-0.3, -0.25) is 14.6 Å². The Morgan fingerprint density at radius 2 is 1.87 bits per heavy atom. The molecule has 2 N–H and O–H groups in total. The summed E-state index contributed by atoms with van der Waals surface area (Å²) in [5.74, 6) is -1.29. The zero-order valence-corrected chi connectivity index (χ0v) is 17.4. The van der Waals surface area contributed by atoms with Crippen LogP contribution in [0.3, 0.4) is 0 Å². The number of anilines is 1. The van der Waals surface area contributed by atoms with Crippen molar-refractivity contribution in [2.75, 3.05) is 58.1 Å². The predicted octanol–water partition coefficient (Wildman–Crippen LogP) is 2.31. The van der Waals surface area contributed by atoms with Crippen molar-refractivity contribution >= 4 is 11.6 Å². The fourth-order valence-corrected chi connectivity index (χ4v) is 3.11. The lowest BCUT2D eigenvalue weighted by Gasteiger charge is -2.35.